The van der Waals surface area contributed by atoms with Crippen LogP contribution in [-0.2, 0) is 0 Å². The van der Waals surface area contributed by atoms with E-state index in [2.05, 4.69) is 117 Å². The summed E-state index contributed by atoms with van der Waals surface area (Å²) in [6, 6.07) is 27.0. The first kappa shape index (κ1) is 22.1. The minimum Gasteiger partial charge on any atom is -0.382 e. The summed E-state index contributed by atoms with van der Waals surface area (Å²) < 4.78 is 0. The summed E-state index contributed by atoms with van der Waals surface area (Å²) in [4.78, 5) is 0. The lowest BCUT2D eigenvalue weighted by molar-refractivity contribution is 0.361. The average Bonchev–Trinajstić information content (AvgIpc) is 2.81. The van der Waals surface area contributed by atoms with Gasteiger partial charge in [-0.15, -0.1) is 0 Å². The molecule has 0 amide bonds. The summed E-state index contributed by atoms with van der Waals surface area (Å²) >= 11 is 0. The van der Waals surface area contributed by atoms with E-state index in [1.807, 2.05) is 0 Å². The fourth-order valence-electron chi connectivity index (χ4n) is 4.41. The summed E-state index contributed by atoms with van der Waals surface area (Å²) in [6.07, 6.45) is 11.8. The summed E-state index contributed by atoms with van der Waals surface area (Å²) in [5.74, 6) is 0.887. The summed E-state index contributed by atoms with van der Waals surface area (Å²) in [5, 5.41) is 3.72. The highest BCUT2D eigenvalue weighted by atomic mass is 14.9. The molecule has 1 N–H and O–H groups in total. The third-order valence-corrected chi connectivity index (χ3v) is 6.57. The number of allylic oxidation sites excluding steroid dienone is 2. The molecule has 0 radical (unpaired) electrons. The molecule has 0 aromatic heterocycles. The molecule has 164 valence electrons. The monoisotopic (exact) mass is 421 g/mol. The smallest absolute Gasteiger partial charge is 0.0342 e. The Hall–Kier alpha value is -3.06. The van der Waals surface area contributed by atoms with Crippen molar-refractivity contribution in [1.29, 1.82) is 0 Å². The Morgan fingerprint density at radius 3 is 1.78 bits per heavy atom. The zero-order chi connectivity index (χ0) is 22.3. The van der Waals surface area contributed by atoms with Crippen LogP contribution in [0.3, 0.4) is 0 Å². The van der Waals surface area contributed by atoms with Crippen molar-refractivity contribution in [2.45, 2.75) is 52.5 Å². The number of benzene rings is 3. The number of aryl methyl sites for hydroxylation is 2. The van der Waals surface area contributed by atoms with Crippen LogP contribution in [0, 0.1) is 19.8 Å². The number of nitrogens with one attached hydrogen (secondary N) is 1. The maximum atomic E-state index is 3.72. The van der Waals surface area contributed by atoms with Crippen LogP contribution >= 0.6 is 0 Å². The molecule has 3 aromatic rings. The van der Waals surface area contributed by atoms with Gasteiger partial charge in [-0.3, -0.25) is 0 Å². The van der Waals surface area contributed by atoms with Gasteiger partial charge in [-0.25, -0.2) is 0 Å². The van der Waals surface area contributed by atoms with Crippen molar-refractivity contribution < 1.29 is 0 Å². The van der Waals surface area contributed by atoms with Gasteiger partial charge in [0.05, 0.1) is 0 Å². The van der Waals surface area contributed by atoms with Gasteiger partial charge in [0, 0.05) is 11.7 Å². The van der Waals surface area contributed by atoms with Crippen molar-refractivity contribution in [3.05, 3.63) is 113 Å². The quantitative estimate of drug-likeness (QED) is 0.394. The molecule has 0 heterocycles. The van der Waals surface area contributed by atoms with Crippen LogP contribution in [-0.4, -0.2) is 6.04 Å². The van der Waals surface area contributed by atoms with E-state index in [0.717, 1.165) is 5.92 Å². The third kappa shape index (κ3) is 6.01. The molecule has 1 heteroatoms. The molecule has 0 aliphatic heterocycles. The molecular formula is C31H35N. The van der Waals surface area contributed by atoms with Gasteiger partial charge in [0.15, 0.2) is 0 Å². The first-order valence-corrected chi connectivity index (χ1v) is 12.0. The SMILES string of the molecule is Cc1ccc(C(=C/C=C/c2ccc(NC3CCC(C)CC3)cc2)c2ccc(C)cc2)cc1. The van der Waals surface area contributed by atoms with Crippen molar-refractivity contribution in [3.63, 3.8) is 0 Å². The van der Waals surface area contributed by atoms with E-state index in [4.69, 9.17) is 0 Å². The van der Waals surface area contributed by atoms with Gasteiger partial charge in [-0.1, -0.05) is 96.9 Å². The van der Waals surface area contributed by atoms with Gasteiger partial charge in [-0.05, 0) is 79.8 Å². The molecule has 4 rings (SSSR count). The fraction of sp³-hybridized carbons (Fsp3) is 0.290. The Morgan fingerprint density at radius 1 is 0.719 bits per heavy atom. The number of anilines is 1. The Kier molecular flexibility index (Phi) is 7.27. The third-order valence-electron chi connectivity index (χ3n) is 6.57. The van der Waals surface area contributed by atoms with Crippen LogP contribution < -0.4 is 5.32 Å². The lowest BCUT2D eigenvalue weighted by Gasteiger charge is -2.27. The highest BCUT2D eigenvalue weighted by molar-refractivity contribution is 5.81. The van der Waals surface area contributed by atoms with Gasteiger partial charge in [0.25, 0.3) is 0 Å². The maximum absolute atomic E-state index is 3.72. The predicted molar refractivity (Wildman–Crippen MR) is 140 cm³/mol. The minimum absolute atomic E-state index is 0.627. The van der Waals surface area contributed by atoms with Crippen LogP contribution in [0.1, 0.15) is 60.4 Å². The molecule has 0 bridgehead atoms. The van der Waals surface area contributed by atoms with E-state index in [0.29, 0.717) is 6.04 Å². The van der Waals surface area contributed by atoms with E-state index in [1.54, 1.807) is 0 Å². The van der Waals surface area contributed by atoms with Crippen molar-refractivity contribution >= 4 is 17.3 Å². The topological polar surface area (TPSA) is 12.0 Å². The Labute approximate surface area is 193 Å². The first-order valence-electron chi connectivity index (χ1n) is 12.0. The molecule has 0 spiro atoms. The van der Waals surface area contributed by atoms with Gasteiger partial charge >= 0.3 is 0 Å². The summed E-state index contributed by atoms with van der Waals surface area (Å²) in [7, 11) is 0. The second kappa shape index (κ2) is 10.5. The van der Waals surface area contributed by atoms with Crippen molar-refractivity contribution in [2.75, 3.05) is 5.32 Å². The molecule has 1 aliphatic carbocycles. The standard InChI is InChI=1S/C31H35N/c1-23-7-15-27(16-8-23)31(28-17-9-24(2)10-18-28)6-4-5-26-13-21-30(22-14-26)32-29-19-11-25(3)12-20-29/h4-10,13-18,21-22,25,29,32H,11-12,19-20H2,1-3H3/b5-4+. The van der Waals surface area contributed by atoms with Gasteiger partial charge in [-0.2, -0.15) is 0 Å². The lowest BCUT2D eigenvalue weighted by Crippen LogP contribution is -2.25. The first-order chi connectivity index (χ1) is 15.6. The lowest BCUT2D eigenvalue weighted by atomic mass is 9.87. The van der Waals surface area contributed by atoms with Crippen LogP contribution in [0.25, 0.3) is 11.6 Å². The highest BCUT2D eigenvalue weighted by Crippen LogP contribution is 2.27. The van der Waals surface area contributed by atoms with Crippen molar-refractivity contribution in [1.82, 2.24) is 0 Å². The molecule has 1 aliphatic rings. The Balaban J connectivity index is 1.48. The molecule has 0 saturated heterocycles. The maximum Gasteiger partial charge on any atom is 0.0342 e. The van der Waals surface area contributed by atoms with Crippen LogP contribution in [0.5, 0.6) is 0 Å². The molecule has 0 atom stereocenters. The van der Waals surface area contributed by atoms with Gasteiger partial charge in [0.1, 0.15) is 0 Å². The average molecular weight is 422 g/mol. The van der Waals surface area contributed by atoms with E-state index < -0.39 is 0 Å². The zero-order valence-corrected chi connectivity index (χ0v) is 19.6. The molecular weight excluding hydrogens is 386 g/mol. The fourth-order valence-corrected chi connectivity index (χ4v) is 4.41. The number of rotatable bonds is 6. The van der Waals surface area contributed by atoms with Crippen LogP contribution in [0.4, 0.5) is 5.69 Å². The van der Waals surface area contributed by atoms with Gasteiger partial charge < -0.3 is 5.32 Å². The van der Waals surface area contributed by atoms with Crippen LogP contribution in [0.15, 0.2) is 84.9 Å². The van der Waals surface area contributed by atoms with Crippen molar-refractivity contribution in [3.8, 4) is 0 Å². The summed E-state index contributed by atoms with van der Waals surface area (Å²) in [5.41, 5.74) is 8.74. The second-order valence-electron chi connectivity index (χ2n) is 9.39. The Morgan fingerprint density at radius 2 is 1.25 bits per heavy atom. The molecule has 1 nitrogen and oxygen atoms in total. The normalized spacial score (nSPS) is 18.5. The molecule has 1 saturated carbocycles. The van der Waals surface area contributed by atoms with Crippen LogP contribution in [0.2, 0.25) is 0 Å². The summed E-state index contributed by atoms with van der Waals surface area (Å²) in [6.45, 7) is 6.63. The Bertz CT molecular complexity index is 997. The number of hydrogen-bond acceptors (Lipinski definition) is 1. The predicted octanol–water partition coefficient (Wildman–Crippen LogP) is 8.44. The second-order valence-corrected chi connectivity index (χ2v) is 9.39. The molecule has 1 fully saturated rings. The molecule has 3 aromatic carbocycles. The van der Waals surface area contributed by atoms with E-state index in [9.17, 15) is 0 Å². The zero-order valence-electron chi connectivity index (χ0n) is 19.6. The molecule has 32 heavy (non-hydrogen) atoms. The number of hydrogen-bond donors (Lipinski definition) is 1. The minimum atomic E-state index is 0.627. The molecule has 0 unspecified atom stereocenters. The van der Waals surface area contributed by atoms with Crippen molar-refractivity contribution in [2.24, 2.45) is 5.92 Å². The van der Waals surface area contributed by atoms with Gasteiger partial charge in [0.2, 0.25) is 0 Å². The van der Waals surface area contributed by atoms with E-state index in [-0.39, 0.29) is 0 Å². The van der Waals surface area contributed by atoms with E-state index in [1.165, 1.54) is 64.8 Å². The highest BCUT2D eigenvalue weighted by Gasteiger charge is 2.17. The largest absolute Gasteiger partial charge is 0.382 e. The van der Waals surface area contributed by atoms with E-state index >= 15 is 0 Å².